The Morgan fingerprint density at radius 2 is 1.89 bits per heavy atom. The summed E-state index contributed by atoms with van der Waals surface area (Å²) in [4.78, 5) is 0. The molecule has 0 saturated heterocycles. The Bertz CT molecular complexity index is 513. The Kier molecular flexibility index (Phi) is 4.51. The smallest absolute Gasteiger partial charge is 0.423 e. The van der Waals surface area contributed by atoms with Crippen LogP contribution in [0.25, 0.3) is 0 Å². The van der Waals surface area contributed by atoms with Crippen LogP contribution in [0.4, 0.5) is 13.2 Å². The number of hydrogen-bond acceptors (Lipinski definition) is 4. The lowest BCUT2D eigenvalue weighted by Crippen LogP contribution is -2.31. The first kappa shape index (κ1) is 15.0. The molecule has 0 fully saturated rings. The van der Waals surface area contributed by atoms with Crippen molar-refractivity contribution >= 4 is 24.8 Å². The lowest BCUT2D eigenvalue weighted by atomic mass is 9.79. The summed E-state index contributed by atoms with van der Waals surface area (Å²) < 4.78 is 38.3. The predicted molar refractivity (Wildman–Crippen MR) is 64.7 cm³/mol. The van der Waals surface area contributed by atoms with E-state index in [1.165, 1.54) is 0 Å². The van der Waals surface area contributed by atoms with Gasteiger partial charge in [0.25, 0.3) is 0 Å². The van der Waals surface area contributed by atoms with Crippen LogP contribution in [0, 0.1) is 0 Å². The quantitative estimate of drug-likeness (QED) is 0.244. The largest absolute Gasteiger partial charge is 0.488 e. The second kappa shape index (κ2) is 5.72. The van der Waals surface area contributed by atoms with E-state index in [-0.39, 0.29) is 11.0 Å². The highest BCUT2D eigenvalue weighted by atomic mass is 19.4. The monoisotopic (exact) mass is 274 g/mol. The molecule has 1 rings (SSSR count). The number of nitrogens with zero attached hydrogens (tertiary/aromatic N) is 2. The van der Waals surface area contributed by atoms with Gasteiger partial charge in [0.15, 0.2) is 0 Å². The average Bonchev–Trinajstić information content (AvgIpc) is 2.27. The number of benzene rings is 1. The van der Waals surface area contributed by atoms with E-state index in [4.69, 9.17) is 21.5 Å². The molecule has 10 heteroatoms. The maximum atomic E-state index is 12.8. The van der Waals surface area contributed by atoms with Crippen molar-refractivity contribution in [1.29, 1.82) is 0 Å². The minimum absolute atomic E-state index is 0.286. The molecule has 0 heterocycles. The molecule has 0 aromatic heterocycles. The van der Waals surface area contributed by atoms with Gasteiger partial charge in [0.2, 0.25) is 5.96 Å². The lowest BCUT2D eigenvalue weighted by Gasteiger charge is -2.11. The standard InChI is InChI=1S/C9H10BF3N4O2/c11-9(12,13)7-3-6(10(18)19)2-1-5(7)4-16-17-8(14)15/h1-4,18-19H,(H4,14,15,17). The molecule has 0 amide bonds. The molecule has 0 bridgehead atoms. The lowest BCUT2D eigenvalue weighted by molar-refractivity contribution is -0.137. The molecule has 0 radical (unpaired) electrons. The zero-order valence-corrected chi connectivity index (χ0v) is 9.46. The fraction of sp³-hybridized carbons (Fsp3) is 0.111. The van der Waals surface area contributed by atoms with Gasteiger partial charge in [-0.2, -0.15) is 18.3 Å². The van der Waals surface area contributed by atoms with Crippen LogP contribution in [0.15, 0.2) is 28.4 Å². The normalized spacial score (nSPS) is 11.6. The van der Waals surface area contributed by atoms with E-state index in [9.17, 15) is 13.2 Å². The topological polar surface area (TPSA) is 117 Å². The molecule has 1 aromatic rings. The predicted octanol–water partition coefficient (Wildman–Crippen LogP) is -1.01. The van der Waals surface area contributed by atoms with Crippen molar-refractivity contribution in [3.05, 3.63) is 29.3 Å². The molecule has 102 valence electrons. The van der Waals surface area contributed by atoms with Gasteiger partial charge in [-0.05, 0) is 11.5 Å². The first-order valence-corrected chi connectivity index (χ1v) is 4.91. The van der Waals surface area contributed by atoms with Crippen molar-refractivity contribution in [2.45, 2.75) is 6.18 Å². The average molecular weight is 274 g/mol. The van der Waals surface area contributed by atoms with E-state index in [2.05, 4.69) is 10.2 Å². The van der Waals surface area contributed by atoms with E-state index in [1.54, 1.807) is 0 Å². The highest BCUT2D eigenvalue weighted by Gasteiger charge is 2.34. The van der Waals surface area contributed by atoms with Crippen LogP contribution in [0.1, 0.15) is 11.1 Å². The zero-order chi connectivity index (χ0) is 14.6. The Hall–Kier alpha value is -2.07. The molecule has 0 atom stereocenters. The van der Waals surface area contributed by atoms with Gasteiger partial charge in [0.05, 0.1) is 11.8 Å². The Morgan fingerprint density at radius 3 is 2.37 bits per heavy atom. The highest BCUT2D eigenvalue weighted by Crippen LogP contribution is 2.30. The zero-order valence-electron chi connectivity index (χ0n) is 9.46. The van der Waals surface area contributed by atoms with Gasteiger partial charge in [-0.25, -0.2) is 0 Å². The fourth-order valence-corrected chi connectivity index (χ4v) is 1.25. The summed E-state index contributed by atoms with van der Waals surface area (Å²) in [7, 11) is -2.00. The molecule has 6 N–H and O–H groups in total. The van der Waals surface area contributed by atoms with E-state index in [1.807, 2.05) is 0 Å². The molecule has 0 aliphatic rings. The van der Waals surface area contributed by atoms with Crippen molar-refractivity contribution in [3.63, 3.8) is 0 Å². The molecule has 6 nitrogen and oxygen atoms in total. The second-order valence-corrected chi connectivity index (χ2v) is 3.49. The van der Waals surface area contributed by atoms with Gasteiger partial charge in [-0.15, -0.1) is 5.10 Å². The number of alkyl halides is 3. The van der Waals surface area contributed by atoms with Crippen LogP contribution in [-0.4, -0.2) is 29.3 Å². The van der Waals surface area contributed by atoms with E-state index in [0.717, 1.165) is 18.3 Å². The van der Waals surface area contributed by atoms with Crippen molar-refractivity contribution in [3.8, 4) is 0 Å². The van der Waals surface area contributed by atoms with E-state index in [0.29, 0.717) is 6.07 Å². The number of guanidine groups is 1. The highest BCUT2D eigenvalue weighted by molar-refractivity contribution is 6.58. The molecule has 0 spiro atoms. The van der Waals surface area contributed by atoms with Gasteiger partial charge in [0.1, 0.15) is 0 Å². The van der Waals surface area contributed by atoms with Gasteiger partial charge in [-0.3, -0.25) is 0 Å². The molecular weight excluding hydrogens is 264 g/mol. The molecular formula is C9H10BF3N4O2. The van der Waals surface area contributed by atoms with Crippen molar-refractivity contribution in [1.82, 2.24) is 0 Å². The third kappa shape index (κ3) is 4.27. The number of rotatable bonds is 3. The van der Waals surface area contributed by atoms with Gasteiger partial charge in [0, 0.05) is 5.56 Å². The Balaban J connectivity index is 3.24. The SMILES string of the molecule is NC(N)=NN=Cc1ccc(B(O)O)cc1C(F)(F)F. The van der Waals surface area contributed by atoms with Crippen molar-refractivity contribution in [2.75, 3.05) is 0 Å². The number of hydrogen-bond donors (Lipinski definition) is 4. The van der Waals surface area contributed by atoms with E-state index >= 15 is 0 Å². The van der Waals surface area contributed by atoms with Crippen LogP contribution in [0.2, 0.25) is 0 Å². The summed E-state index contributed by atoms with van der Waals surface area (Å²) in [5.74, 6) is -0.396. The summed E-state index contributed by atoms with van der Waals surface area (Å²) in [6, 6.07) is 2.77. The van der Waals surface area contributed by atoms with Gasteiger partial charge >= 0.3 is 13.3 Å². The van der Waals surface area contributed by atoms with Crippen molar-refractivity contribution < 1.29 is 23.2 Å². The summed E-state index contributed by atoms with van der Waals surface area (Å²) in [6.45, 7) is 0. The summed E-state index contributed by atoms with van der Waals surface area (Å²) in [5, 5.41) is 24.2. The fourth-order valence-electron chi connectivity index (χ4n) is 1.25. The molecule has 0 aliphatic carbocycles. The first-order valence-electron chi connectivity index (χ1n) is 4.91. The maximum absolute atomic E-state index is 12.8. The summed E-state index contributed by atoms with van der Waals surface area (Å²) >= 11 is 0. The number of halogens is 3. The third-order valence-electron chi connectivity index (χ3n) is 2.05. The van der Waals surface area contributed by atoms with Crippen LogP contribution >= 0.6 is 0 Å². The van der Waals surface area contributed by atoms with Crippen molar-refractivity contribution in [2.24, 2.45) is 21.7 Å². The molecule has 1 aromatic carbocycles. The first-order chi connectivity index (χ1) is 8.71. The van der Waals surface area contributed by atoms with Gasteiger partial charge < -0.3 is 21.5 Å². The maximum Gasteiger partial charge on any atom is 0.488 e. The summed E-state index contributed by atoms with van der Waals surface area (Å²) in [6.07, 6.45) is -3.86. The molecule has 0 unspecified atom stereocenters. The number of nitrogens with two attached hydrogens (primary N) is 2. The van der Waals surface area contributed by atoms with Gasteiger partial charge in [-0.1, -0.05) is 12.1 Å². The third-order valence-corrected chi connectivity index (χ3v) is 2.05. The molecule has 0 saturated carbocycles. The Morgan fingerprint density at radius 1 is 1.26 bits per heavy atom. The van der Waals surface area contributed by atoms with Crippen LogP contribution in [0.5, 0.6) is 0 Å². The van der Waals surface area contributed by atoms with Crippen LogP contribution < -0.4 is 16.9 Å². The van der Waals surface area contributed by atoms with E-state index < -0.39 is 24.8 Å². The second-order valence-electron chi connectivity index (χ2n) is 3.49. The van der Waals surface area contributed by atoms with Crippen LogP contribution in [0.3, 0.4) is 0 Å². The molecule has 19 heavy (non-hydrogen) atoms. The Labute approximate surface area is 106 Å². The minimum atomic E-state index is -4.68. The van der Waals surface area contributed by atoms with Crippen LogP contribution in [-0.2, 0) is 6.18 Å². The minimum Gasteiger partial charge on any atom is -0.423 e. The summed E-state index contributed by atoms with van der Waals surface area (Å²) in [5.41, 5.74) is 8.27. The molecule has 0 aliphatic heterocycles.